The molecule has 1 aromatic heterocycles. The third-order valence-corrected chi connectivity index (χ3v) is 2.75. The summed E-state index contributed by atoms with van der Waals surface area (Å²) in [5.74, 6) is -0.383. The number of halogens is 2. The molecule has 1 aromatic carbocycles. The molecule has 0 radical (unpaired) electrons. The van der Waals surface area contributed by atoms with Gasteiger partial charge in [0.1, 0.15) is 11.9 Å². The molecule has 0 saturated heterocycles. The van der Waals surface area contributed by atoms with E-state index in [4.69, 9.17) is 11.6 Å². The molecule has 0 aliphatic rings. The van der Waals surface area contributed by atoms with Gasteiger partial charge in [-0.1, -0.05) is 17.7 Å². The van der Waals surface area contributed by atoms with E-state index in [1.807, 2.05) is 0 Å². The number of nitrogens with zero attached hydrogens (tertiary/aromatic N) is 1. The Bertz CT molecular complexity index is 524. The van der Waals surface area contributed by atoms with Gasteiger partial charge in [0.15, 0.2) is 0 Å². The third kappa shape index (κ3) is 2.62. The number of hydrogen-bond acceptors (Lipinski definition) is 2. The molecule has 2 aromatic rings. The molecular weight excluding hydrogens is 241 g/mol. The van der Waals surface area contributed by atoms with E-state index in [1.54, 1.807) is 25.1 Å². The fraction of sp³-hybridized carbons (Fsp3) is 0.154. The molecule has 0 aliphatic heterocycles. The van der Waals surface area contributed by atoms with Crippen molar-refractivity contribution in [3.8, 4) is 0 Å². The fourth-order valence-corrected chi connectivity index (χ4v) is 1.90. The SMILES string of the molecule is Cc1cc(F)cc(C(O)c2ncccc2Cl)c1. The molecule has 0 amide bonds. The van der Waals surface area contributed by atoms with Crippen molar-refractivity contribution in [3.63, 3.8) is 0 Å². The number of aliphatic hydroxyl groups is 1. The molecule has 0 spiro atoms. The maximum absolute atomic E-state index is 13.2. The van der Waals surface area contributed by atoms with Crippen molar-refractivity contribution >= 4 is 11.6 Å². The van der Waals surface area contributed by atoms with Crippen LogP contribution in [0.15, 0.2) is 36.5 Å². The van der Waals surface area contributed by atoms with E-state index in [2.05, 4.69) is 4.98 Å². The first-order chi connectivity index (χ1) is 8.08. The van der Waals surface area contributed by atoms with Gasteiger partial charge in [0, 0.05) is 6.20 Å². The highest BCUT2D eigenvalue weighted by molar-refractivity contribution is 6.31. The summed E-state index contributed by atoms with van der Waals surface area (Å²) >= 11 is 5.93. The van der Waals surface area contributed by atoms with Crippen molar-refractivity contribution in [2.24, 2.45) is 0 Å². The van der Waals surface area contributed by atoms with Crippen LogP contribution in [0.2, 0.25) is 5.02 Å². The minimum Gasteiger partial charge on any atom is -0.382 e. The molecule has 2 rings (SSSR count). The van der Waals surface area contributed by atoms with E-state index in [9.17, 15) is 9.50 Å². The molecular formula is C13H11ClFNO. The van der Waals surface area contributed by atoms with Crippen LogP contribution in [0.1, 0.15) is 22.9 Å². The van der Waals surface area contributed by atoms with Crippen LogP contribution in [0.3, 0.4) is 0 Å². The lowest BCUT2D eigenvalue weighted by Crippen LogP contribution is -2.04. The van der Waals surface area contributed by atoms with Gasteiger partial charge in [-0.25, -0.2) is 4.39 Å². The zero-order chi connectivity index (χ0) is 12.4. The molecule has 2 nitrogen and oxygen atoms in total. The zero-order valence-electron chi connectivity index (χ0n) is 9.19. The van der Waals surface area contributed by atoms with Crippen LogP contribution in [-0.2, 0) is 0 Å². The first kappa shape index (κ1) is 12.0. The normalized spacial score (nSPS) is 12.5. The molecule has 0 saturated carbocycles. The van der Waals surface area contributed by atoms with Crippen LogP contribution in [0.5, 0.6) is 0 Å². The fourth-order valence-electron chi connectivity index (χ4n) is 1.68. The van der Waals surface area contributed by atoms with Crippen molar-refractivity contribution in [1.29, 1.82) is 0 Å². The number of aliphatic hydroxyl groups excluding tert-OH is 1. The maximum atomic E-state index is 13.2. The molecule has 17 heavy (non-hydrogen) atoms. The second-order valence-electron chi connectivity index (χ2n) is 3.83. The number of pyridine rings is 1. The predicted molar refractivity (Wildman–Crippen MR) is 64.4 cm³/mol. The van der Waals surface area contributed by atoms with Crippen molar-refractivity contribution in [3.05, 3.63) is 64.2 Å². The summed E-state index contributed by atoms with van der Waals surface area (Å²) in [5.41, 5.74) is 1.52. The second kappa shape index (κ2) is 4.82. The largest absolute Gasteiger partial charge is 0.382 e. The summed E-state index contributed by atoms with van der Waals surface area (Å²) in [7, 11) is 0. The molecule has 0 bridgehead atoms. The summed E-state index contributed by atoms with van der Waals surface area (Å²) < 4.78 is 13.2. The Hall–Kier alpha value is -1.45. The Morgan fingerprint density at radius 1 is 1.35 bits per heavy atom. The standard InChI is InChI=1S/C13H11ClFNO/c1-8-5-9(7-10(15)6-8)13(17)12-11(14)3-2-4-16-12/h2-7,13,17H,1H3. The van der Waals surface area contributed by atoms with E-state index >= 15 is 0 Å². The van der Waals surface area contributed by atoms with E-state index in [-0.39, 0.29) is 5.82 Å². The minimum absolute atomic E-state index is 0.333. The summed E-state index contributed by atoms with van der Waals surface area (Å²) in [5, 5.41) is 10.5. The molecule has 1 unspecified atom stereocenters. The highest BCUT2D eigenvalue weighted by Gasteiger charge is 2.16. The molecule has 0 aliphatic carbocycles. The first-order valence-corrected chi connectivity index (χ1v) is 5.51. The highest BCUT2D eigenvalue weighted by atomic mass is 35.5. The van der Waals surface area contributed by atoms with E-state index in [1.165, 1.54) is 18.3 Å². The quantitative estimate of drug-likeness (QED) is 0.889. The minimum atomic E-state index is -1.02. The molecule has 88 valence electrons. The maximum Gasteiger partial charge on any atom is 0.123 e. The van der Waals surface area contributed by atoms with Gasteiger partial charge in [0.05, 0.1) is 10.7 Å². The number of rotatable bonds is 2. The topological polar surface area (TPSA) is 33.1 Å². The predicted octanol–water partition coefficient (Wildman–Crippen LogP) is 3.26. The van der Waals surface area contributed by atoms with Gasteiger partial charge in [-0.05, 0) is 42.3 Å². The molecule has 1 atom stereocenters. The van der Waals surface area contributed by atoms with Gasteiger partial charge in [0.25, 0.3) is 0 Å². The van der Waals surface area contributed by atoms with Gasteiger partial charge < -0.3 is 5.11 Å². The van der Waals surface area contributed by atoms with Gasteiger partial charge >= 0.3 is 0 Å². The Labute approximate surface area is 104 Å². The van der Waals surface area contributed by atoms with Crippen LogP contribution in [-0.4, -0.2) is 10.1 Å². The zero-order valence-corrected chi connectivity index (χ0v) is 9.95. The van der Waals surface area contributed by atoms with Gasteiger partial charge in [-0.15, -0.1) is 0 Å². The second-order valence-corrected chi connectivity index (χ2v) is 4.24. The third-order valence-electron chi connectivity index (χ3n) is 2.43. The van der Waals surface area contributed by atoms with Crippen LogP contribution in [0.4, 0.5) is 4.39 Å². The van der Waals surface area contributed by atoms with Crippen LogP contribution >= 0.6 is 11.6 Å². The van der Waals surface area contributed by atoms with Gasteiger partial charge in [-0.2, -0.15) is 0 Å². The smallest absolute Gasteiger partial charge is 0.123 e. The van der Waals surface area contributed by atoms with E-state index < -0.39 is 6.10 Å². The summed E-state index contributed by atoms with van der Waals surface area (Å²) in [6.07, 6.45) is 0.523. The van der Waals surface area contributed by atoms with Crippen molar-refractivity contribution in [2.75, 3.05) is 0 Å². The van der Waals surface area contributed by atoms with Crippen molar-refractivity contribution < 1.29 is 9.50 Å². The molecule has 1 heterocycles. The lowest BCUT2D eigenvalue weighted by Gasteiger charge is -2.12. The summed E-state index contributed by atoms with van der Waals surface area (Å²) in [6.45, 7) is 1.76. The number of aromatic nitrogens is 1. The van der Waals surface area contributed by atoms with E-state index in [0.717, 1.165) is 5.56 Å². The highest BCUT2D eigenvalue weighted by Crippen LogP contribution is 2.27. The van der Waals surface area contributed by atoms with Crippen molar-refractivity contribution in [1.82, 2.24) is 4.98 Å². The van der Waals surface area contributed by atoms with Gasteiger partial charge in [0.2, 0.25) is 0 Å². The number of aryl methyl sites for hydroxylation is 1. The Morgan fingerprint density at radius 2 is 2.12 bits per heavy atom. The van der Waals surface area contributed by atoms with Crippen LogP contribution in [0, 0.1) is 12.7 Å². The Morgan fingerprint density at radius 3 is 2.76 bits per heavy atom. The summed E-state index contributed by atoms with van der Waals surface area (Å²) in [4.78, 5) is 4.01. The number of benzene rings is 1. The van der Waals surface area contributed by atoms with E-state index in [0.29, 0.717) is 16.3 Å². The molecule has 1 N–H and O–H groups in total. The number of hydrogen-bond donors (Lipinski definition) is 1. The van der Waals surface area contributed by atoms with Crippen LogP contribution in [0.25, 0.3) is 0 Å². The average Bonchev–Trinajstić information content (AvgIpc) is 2.27. The lowest BCUT2D eigenvalue weighted by atomic mass is 10.0. The first-order valence-electron chi connectivity index (χ1n) is 5.13. The van der Waals surface area contributed by atoms with Gasteiger partial charge in [-0.3, -0.25) is 4.98 Å². The van der Waals surface area contributed by atoms with Crippen LogP contribution < -0.4 is 0 Å². The monoisotopic (exact) mass is 251 g/mol. The van der Waals surface area contributed by atoms with Crippen molar-refractivity contribution in [2.45, 2.75) is 13.0 Å². The lowest BCUT2D eigenvalue weighted by molar-refractivity contribution is 0.215. The average molecular weight is 252 g/mol. The Balaban J connectivity index is 2.43. The summed E-state index contributed by atoms with van der Waals surface area (Å²) in [6, 6.07) is 7.70. The molecule has 0 fully saturated rings. The Kier molecular flexibility index (Phi) is 3.41. The molecule has 4 heteroatoms.